The molecular formula is C16H24BNO4. The van der Waals surface area contributed by atoms with Crippen LogP contribution in [0.5, 0.6) is 0 Å². The van der Waals surface area contributed by atoms with Gasteiger partial charge in [0.2, 0.25) is 0 Å². The second-order valence-electron chi connectivity index (χ2n) is 6.78. The van der Waals surface area contributed by atoms with E-state index in [1.165, 1.54) is 0 Å². The fourth-order valence-corrected chi connectivity index (χ4v) is 2.52. The van der Waals surface area contributed by atoms with Gasteiger partial charge in [-0.15, -0.1) is 0 Å². The van der Waals surface area contributed by atoms with Gasteiger partial charge in [-0.1, -0.05) is 18.2 Å². The standard InChI is InChI=1S/C16H24BNO4/c1-10-9-12(7-8-13(10)11(2)20-14(18)19)17-21-15(3,4)16(5,6)22-17/h7-9,11H,1-6H3,(H2,18,19). The zero-order valence-corrected chi connectivity index (χ0v) is 14.1. The van der Waals surface area contributed by atoms with Crippen molar-refractivity contribution in [2.45, 2.75) is 58.8 Å². The van der Waals surface area contributed by atoms with Crippen molar-refractivity contribution in [3.63, 3.8) is 0 Å². The number of rotatable bonds is 3. The molecular weight excluding hydrogens is 281 g/mol. The summed E-state index contributed by atoms with van der Waals surface area (Å²) in [5.41, 5.74) is 7.20. The Morgan fingerprint density at radius 1 is 1.23 bits per heavy atom. The van der Waals surface area contributed by atoms with Crippen LogP contribution in [-0.4, -0.2) is 24.4 Å². The van der Waals surface area contributed by atoms with E-state index in [0.717, 1.165) is 16.6 Å². The van der Waals surface area contributed by atoms with E-state index in [9.17, 15) is 4.79 Å². The molecule has 2 N–H and O–H groups in total. The molecule has 1 atom stereocenters. The van der Waals surface area contributed by atoms with Gasteiger partial charge in [0.1, 0.15) is 6.10 Å². The minimum Gasteiger partial charge on any atom is -0.442 e. The molecule has 22 heavy (non-hydrogen) atoms. The molecule has 0 aliphatic carbocycles. The molecule has 1 saturated heterocycles. The Morgan fingerprint density at radius 3 is 2.23 bits per heavy atom. The van der Waals surface area contributed by atoms with Crippen molar-refractivity contribution in [3.8, 4) is 0 Å². The number of primary amides is 1. The third kappa shape index (κ3) is 3.13. The number of aryl methyl sites for hydroxylation is 1. The van der Waals surface area contributed by atoms with Gasteiger partial charge < -0.3 is 19.8 Å². The minimum absolute atomic E-state index is 0.368. The van der Waals surface area contributed by atoms with Crippen LogP contribution in [0.15, 0.2) is 18.2 Å². The number of benzene rings is 1. The lowest BCUT2D eigenvalue weighted by atomic mass is 9.77. The smallest absolute Gasteiger partial charge is 0.442 e. The lowest BCUT2D eigenvalue weighted by Gasteiger charge is -2.32. The molecule has 1 amide bonds. The van der Waals surface area contributed by atoms with Crippen molar-refractivity contribution >= 4 is 18.7 Å². The molecule has 1 aromatic carbocycles. The summed E-state index contributed by atoms with van der Waals surface area (Å²) in [6.07, 6.45) is -1.16. The Morgan fingerprint density at radius 2 is 1.77 bits per heavy atom. The Balaban J connectivity index is 2.22. The van der Waals surface area contributed by atoms with Crippen molar-refractivity contribution < 1.29 is 18.8 Å². The third-order valence-corrected chi connectivity index (χ3v) is 4.55. The van der Waals surface area contributed by atoms with Gasteiger partial charge in [0.25, 0.3) is 0 Å². The largest absolute Gasteiger partial charge is 0.494 e. The highest BCUT2D eigenvalue weighted by Crippen LogP contribution is 2.36. The number of amides is 1. The van der Waals surface area contributed by atoms with Crippen LogP contribution in [-0.2, 0) is 14.0 Å². The van der Waals surface area contributed by atoms with Gasteiger partial charge in [-0.3, -0.25) is 0 Å². The maximum Gasteiger partial charge on any atom is 0.494 e. The Kier molecular flexibility index (Phi) is 4.28. The Labute approximate surface area is 132 Å². The SMILES string of the molecule is Cc1cc(B2OC(C)(C)C(C)(C)O2)ccc1C(C)OC(N)=O. The van der Waals surface area contributed by atoms with E-state index in [4.69, 9.17) is 19.8 Å². The van der Waals surface area contributed by atoms with E-state index in [-0.39, 0.29) is 17.3 Å². The second kappa shape index (κ2) is 5.59. The van der Waals surface area contributed by atoms with Crippen molar-refractivity contribution in [2.24, 2.45) is 5.73 Å². The summed E-state index contributed by atoms with van der Waals surface area (Å²) >= 11 is 0. The molecule has 0 aromatic heterocycles. The lowest BCUT2D eigenvalue weighted by Crippen LogP contribution is -2.41. The number of hydrogen-bond acceptors (Lipinski definition) is 4. The fourth-order valence-electron chi connectivity index (χ4n) is 2.52. The highest BCUT2D eigenvalue weighted by atomic mass is 16.7. The van der Waals surface area contributed by atoms with Gasteiger partial charge in [-0.25, -0.2) is 4.79 Å². The minimum atomic E-state index is -0.776. The van der Waals surface area contributed by atoms with Crippen LogP contribution in [0, 0.1) is 6.92 Å². The van der Waals surface area contributed by atoms with Crippen LogP contribution >= 0.6 is 0 Å². The van der Waals surface area contributed by atoms with Crippen LogP contribution in [0.3, 0.4) is 0 Å². The maximum atomic E-state index is 10.9. The van der Waals surface area contributed by atoms with E-state index >= 15 is 0 Å². The molecule has 6 heteroatoms. The number of hydrogen-bond donors (Lipinski definition) is 1. The fraction of sp³-hybridized carbons (Fsp3) is 0.562. The molecule has 0 radical (unpaired) electrons. The molecule has 2 rings (SSSR count). The van der Waals surface area contributed by atoms with Crippen molar-refractivity contribution in [1.82, 2.24) is 0 Å². The summed E-state index contributed by atoms with van der Waals surface area (Å²) in [6.45, 7) is 11.9. The van der Waals surface area contributed by atoms with Gasteiger partial charge in [0.05, 0.1) is 11.2 Å². The molecule has 1 aliphatic rings. The first-order valence-electron chi connectivity index (χ1n) is 7.46. The molecule has 0 spiro atoms. The van der Waals surface area contributed by atoms with Crippen LogP contribution in [0.25, 0.3) is 0 Å². The molecule has 0 saturated carbocycles. The van der Waals surface area contributed by atoms with Crippen LogP contribution in [0.4, 0.5) is 4.79 Å². The molecule has 5 nitrogen and oxygen atoms in total. The molecule has 1 aliphatic heterocycles. The third-order valence-electron chi connectivity index (χ3n) is 4.55. The first-order chi connectivity index (χ1) is 10.0. The quantitative estimate of drug-likeness (QED) is 0.871. The average Bonchev–Trinajstić information content (AvgIpc) is 2.57. The highest BCUT2D eigenvalue weighted by Gasteiger charge is 2.51. The number of carbonyl (C=O) groups excluding carboxylic acids is 1. The Bertz CT molecular complexity index is 570. The van der Waals surface area contributed by atoms with E-state index in [1.807, 2.05) is 52.8 Å². The van der Waals surface area contributed by atoms with Crippen molar-refractivity contribution in [2.75, 3.05) is 0 Å². The predicted molar refractivity (Wildman–Crippen MR) is 86.0 cm³/mol. The molecule has 1 aromatic rings. The van der Waals surface area contributed by atoms with E-state index < -0.39 is 13.2 Å². The average molecular weight is 305 g/mol. The first-order valence-corrected chi connectivity index (χ1v) is 7.46. The summed E-state index contributed by atoms with van der Waals surface area (Å²) < 4.78 is 17.1. The van der Waals surface area contributed by atoms with Crippen LogP contribution in [0.2, 0.25) is 0 Å². The topological polar surface area (TPSA) is 70.8 Å². The van der Waals surface area contributed by atoms with Crippen LogP contribution in [0.1, 0.15) is 51.8 Å². The summed E-state index contributed by atoms with van der Waals surface area (Å²) in [6, 6.07) is 5.85. The molecule has 1 heterocycles. The number of ether oxygens (including phenoxy) is 1. The lowest BCUT2D eigenvalue weighted by molar-refractivity contribution is 0.00578. The summed E-state index contributed by atoms with van der Waals surface area (Å²) in [5, 5.41) is 0. The molecule has 1 unspecified atom stereocenters. The van der Waals surface area contributed by atoms with Crippen molar-refractivity contribution in [1.29, 1.82) is 0 Å². The van der Waals surface area contributed by atoms with E-state index in [0.29, 0.717) is 0 Å². The normalized spacial score (nSPS) is 20.7. The monoisotopic (exact) mass is 305 g/mol. The van der Waals surface area contributed by atoms with Crippen molar-refractivity contribution in [3.05, 3.63) is 29.3 Å². The summed E-state index contributed by atoms with van der Waals surface area (Å²) in [7, 11) is -0.398. The van der Waals surface area contributed by atoms with E-state index in [2.05, 4.69) is 0 Å². The predicted octanol–water partition coefficient (Wildman–Crippen LogP) is 2.45. The van der Waals surface area contributed by atoms with Gasteiger partial charge in [-0.05, 0) is 58.1 Å². The van der Waals surface area contributed by atoms with E-state index in [1.54, 1.807) is 6.92 Å². The highest BCUT2D eigenvalue weighted by molar-refractivity contribution is 6.62. The second-order valence-corrected chi connectivity index (χ2v) is 6.78. The van der Waals surface area contributed by atoms with Gasteiger partial charge in [-0.2, -0.15) is 0 Å². The van der Waals surface area contributed by atoms with Gasteiger partial charge >= 0.3 is 13.2 Å². The van der Waals surface area contributed by atoms with Gasteiger partial charge in [0, 0.05) is 0 Å². The zero-order chi connectivity index (χ0) is 16.7. The van der Waals surface area contributed by atoms with Crippen LogP contribution < -0.4 is 11.2 Å². The summed E-state index contributed by atoms with van der Waals surface area (Å²) in [5.74, 6) is 0. The first kappa shape index (κ1) is 16.8. The number of carbonyl (C=O) groups is 1. The zero-order valence-electron chi connectivity index (χ0n) is 14.1. The van der Waals surface area contributed by atoms with Gasteiger partial charge in [0.15, 0.2) is 0 Å². The summed E-state index contributed by atoms with van der Waals surface area (Å²) in [4.78, 5) is 10.9. The molecule has 0 bridgehead atoms. The maximum absolute atomic E-state index is 10.9. The Hall–Kier alpha value is -1.53. The molecule has 120 valence electrons. The molecule has 1 fully saturated rings. The number of nitrogens with two attached hydrogens (primary N) is 1.